The molecule has 3 saturated carbocycles. The molecule has 7 heteroatoms. The minimum atomic E-state index is -0.393. The highest BCUT2D eigenvalue weighted by Gasteiger charge is 2.59. The van der Waals surface area contributed by atoms with Crippen molar-refractivity contribution in [2.24, 2.45) is 38.9 Å². The van der Waals surface area contributed by atoms with E-state index < -0.39 is 4.92 Å². The maximum absolute atomic E-state index is 11.0. The molecule has 3 fully saturated rings. The van der Waals surface area contributed by atoms with Crippen LogP contribution in [0.3, 0.4) is 0 Å². The average Bonchev–Trinajstić information content (AvgIpc) is 3.09. The number of nitrogens with zero attached hydrogens (tertiary/aromatic N) is 3. The van der Waals surface area contributed by atoms with Gasteiger partial charge in [0.05, 0.1) is 16.3 Å². The van der Waals surface area contributed by atoms with Gasteiger partial charge < -0.3 is 10.4 Å². The van der Waals surface area contributed by atoms with Crippen LogP contribution in [0.4, 0.5) is 5.69 Å². The Kier molecular flexibility index (Phi) is 5.18. The van der Waals surface area contributed by atoms with Gasteiger partial charge in [-0.15, -0.1) is 0 Å². The molecule has 0 spiro atoms. The van der Waals surface area contributed by atoms with Crippen molar-refractivity contribution in [2.45, 2.75) is 58.8 Å². The van der Waals surface area contributed by atoms with Gasteiger partial charge in [-0.2, -0.15) is 0 Å². The van der Waals surface area contributed by atoms with Crippen LogP contribution in [0, 0.1) is 38.7 Å². The number of non-ortho nitro benzene ring substituents is 1. The highest BCUT2D eigenvalue weighted by Crippen LogP contribution is 2.65. The van der Waals surface area contributed by atoms with E-state index in [1.807, 2.05) is 6.08 Å². The van der Waals surface area contributed by atoms with Crippen molar-refractivity contribution in [1.29, 1.82) is 0 Å². The summed E-state index contributed by atoms with van der Waals surface area (Å²) in [5, 5.41) is 37.6. The Labute approximate surface area is 193 Å². The summed E-state index contributed by atoms with van der Waals surface area (Å²) in [5.74, 6) is 1.55. The van der Waals surface area contributed by atoms with Gasteiger partial charge in [-0.25, -0.2) is 0 Å². The largest absolute Gasteiger partial charge is 0.411 e. The first-order chi connectivity index (χ1) is 15.8. The third kappa shape index (κ3) is 3.31. The Morgan fingerprint density at radius 2 is 1.79 bits per heavy atom. The zero-order valence-electron chi connectivity index (χ0n) is 19.2. The zero-order chi connectivity index (χ0) is 23.4. The Hall–Kier alpha value is -2.96. The number of oxime groups is 2. The third-order valence-electron chi connectivity index (χ3n) is 9.33. The molecule has 174 valence electrons. The lowest BCUT2D eigenvalue weighted by Gasteiger charge is -2.57. The van der Waals surface area contributed by atoms with Crippen molar-refractivity contribution >= 4 is 23.2 Å². The second-order valence-corrected chi connectivity index (χ2v) is 10.7. The first-order valence-corrected chi connectivity index (χ1v) is 11.9. The van der Waals surface area contributed by atoms with Gasteiger partial charge in [0.15, 0.2) is 0 Å². The number of nitro benzene ring substituents is 1. The van der Waals surface area contributed by atoms with E-state index >= 15 is 0 Å². The number of fused-ring (bicyclic) bond motifs is 5. The molecule has 0 aromatic heterocycles. The summed E-state index contributed by atoms with van der Waals surface area (Å²) >= 11 is 0. The monoisotopic (exact) mass is 449 g/mol. The second-order valence-electron chi connectivity index (χ2n) is 10.7. The number of hydrogen-bond acceptors (Lipinski definition) is 6. The molecule has 2 N–H and O–H groups in total. The predicted molar refractivity (Wildman–Crippen MR) is 127 cm³/mol. The Morgan fingerprint density at radius 3 is 2.45 bits per heavy atom. The van der Waals surface area contributed by atoms with Crippen molar-refractivity contribution in [3.8, 4) is 0 Å². The minimum Gasteiger partial charge on any atom is -0.411 e. The molecule has 0 saturated heterocycles. The van der Waals surface area contributed by atoms with Crippen molar-refractivity contribution < 1.29 is 15.3 Å². The van der Waals surface area contributed by atoms with Gasteiger partial charge in [-0.1, -0.05) is 29.7 Å². The Bertz CT molecular complexity index is 1100. The number of allylic oxidation sites excluding steroid dienone is 3. The predicted octanol–water partition coefficient (Wildman–Crippen LogP) is 6.21. The van der Waals surface area contributed by atoms with E-state index in [-0.39, 0.29) is 16.5 Å². The molecule has 4 aliphatic rings. The fourth-order valence-electron chi connectivity index (χ4n) is 7.54. The Balaban J connectivity index is 1.47. The highest BCUT2D eigenvalue weighted by atomic mass is 16.6. The third-order valence-corrected chi connectivity index (χ3v) is 9.33. The standard InChI is InChI=1S/C26H31N3O4/c1-25-11-9-19(27-30)15-18(25)5-8-21-22(25)10-12-26(2)23(21)14-17(24(26)28-31)13-16-3-6-20(7-4-16)29(32)33/h3-4,6-7,13,15,21-23,30-31H,5,8-12,14H2,1-2H3/b17-13+,27-19+,28-24+/t21-,22+,23+,25+,26+/m1/s1. The van der Waals surface area contributed by atoms with E-state index in [4.69, 9.17) is 0 Å². The summed E-state index contributed by atoms with van der Waals surface area (Å²) in [5.41, 5.74) is 5.00. The van der Waals surface area contributed by atoms with Crippen molar-refractivity contribution in [2.75, 3.05) is 0 Å². The van der Waals surface area contributed by atoms with Gasteiger partial charge in [0.2, 0.25) is 0 Å². The summed E-state index contributed by atoms with van der Waals surface area (Å²) in [6, 6.07) is 6.55. The highest BCUT2D eigenvalue weighted by molar-refractivity contribution is 6.09. The van der Waals surface area contributed by atoms with E-state index in [0.29, 0.717) is 17.8 Å². The maximum Gasteiger partial charge on any atom is 0.269 e. The van der Waals surface area contributed by atoms with Crippen LogP contribution >= 0.6 is 0 Å². The van der Waals surface area contributed by atoms with E-state index in [2.05, 4.69) is 30.2 Å². The molecule has 7 nitrogen and oxygen atoms in total. The van der Waals surface area contributed by atoms with Crippen LogP contribution in [0.25, 0.3) is 6.08 Å². The summed E-state index contributed by atoms with van der Waals surface area (Å²) < 4.78 is 0. The lowest BCUT2D eigenvalue weighted by molar-refractivity contribution is -0.384. The van der Waals surface area contributed by atoms with Crippen LogP contribution in [-0.4, -0.2) is 26.8 Å². The van der Waals surface area contributed by atoms with Crippen molar-refractivity contribution in [3.05, 3.63) is 57.2 Å². The van der Waals surface area contributed by atoms with Crippen LogP contribution in [0.5, 0.6) is 0 Å². The van der Waals surface area contributed by atoms with Crippen LogP contribution < -0.4 is 0 Å². The van der Waals surface area contributed by atoms with Crippen LogP contribution in [0.15, 0.2) is 51.8 Å². The maximum atomic E-state index is 11.0. The summed E-state index contributed by atoms with van der Waals surface area (Å²) in [4.78, 5) is 10.6. The molecule has 0 unspecified atom stereocenters. The molecule has 0 heterocycles. The fraction of sp³-hybridized carbons (Fsp3) is 0.538. The number of hydrogen-bond donors (Lipinski definition) is 2. The van der Waals surface area contributed by atoms with E-state index in [1.54, 1.807) is 12.1 Å². The van der Waals surface area contributed by atoms with Crippen molar-refractivity contribution in [1.82, 2.24) is 0 Å². The van der Waals surface area contributed by atoms with E-state index in [0.717, 1.165) is 67.5 Å². The number of nitro groups is 1. The number of benzene rings is 1. The van der Waals surface area contributed by atoms with Crippen molar-refractivity contribution in [3.63, 3.8) is 0 Å². The van der Waals surface area contributed by atoms with Crippen LogP contribution in [0.1, 0.15) is 64.4 Å². The minimum absolute atomic E-state index is 0.0734. The lowest BCUT2D eigenvalue weighted by Crippen LogP contribution is -2.50. The molecule has 0 aliphatic heterocycles. The summed E-state index contributed by atoms with van der Waals surface area (Å²) in [6.07, 6.45) is 11.1. The van der Waals surface area contributed by atoms with E-state index in [9.17, 15) is 20.5 Å². The average molecular weight is 450 g/mol. The Morgan fingerprint density at radius 1 is 1.03 bits per heavy atom. The van der Waals surface area contributed by atoms with Crippen LogP contribution in [0.2, 0.25) is 0 Å². The zero-order valence-corrected chi connectivity index (χ0v) is 19.2. The van der Waals surface area contributed by atoms with Crippen LogP contribution in [-0.2, 0) is 0 Å². The first kappa shape index (κ1) is 21.9. The molecule has 1 aromatic rings. The molecule has 1 aromatic carbocycles. The molecule has 5 atom stereocenters. The fourth-order valence-corrected chi connectivity index (χ4v) is 7.54. The van der Waals surface area contributed by atoms with Gasteiger partial charge in [0.1, 0.15) is 0 Å². The van der Waals surface area contributed by atoms with Gasteiger partial charge >= 0.3 is 0 Å². The molecule has 5 rings (SSSR count). The van der Waals surface area contributed by atoms with Gasteiger partial charge in [-0.05, 0) is 104 Å². The number of rotatable bonds is 2. The smallest absolute Gasteiger partial charge is 0.269 e. The molecular formula is C26H31N3O4. The van der Waals surface area contributed by atoms with Gasteiger partial charge in [-0.3, -0.25) is 10.1 Å². The molecule has 0 radical (unpaired) electrons. The first-order valence-electron chi connectivity index (χ1n) is 11.9. The molecular weight excluding hydrogens is 418 g/mol. The van der Waals surface area contributed by atoms with Gasteiger partial charge in [0.25, 0.3) is 5.69 Å². The second kappa shape index (κ2) is 7.82. The molecule has 0 amide bonds. The van der Waals surface area contributed by atoms with Gasteiger partial charge in [0, 0.05) is 17.5 Å². The van der Waals surface area contributed by atoms with E-state index in [1.165, 1.54) is 17.7 Å². The lowest BCUT2D eigenvalue weighted by atomic mass is 9.47. The normalized spacial score (nSPS) is 39.2. The molecule has 33 heavy (non-hydrogen) atoms. The molecule has 0 bridgehead atoms. The summed E-state index contributed by atoms with van der Waals surface area (Å²) in [7, 11) is 0. The summed E-state index contributed by atoms with van der Waals surface area (Å²) in [6.45, 7) is 4.65. The SMILES string of the molecule is C[C@]12CC/C(=N\O)C=C1CC[C@@H]1[C@@H]2CC[C@]2(C)C(=N/O)/C(=C/c3ccc([N+](=O)[O-])cc3)C[C@@H]12. The topological polar surface area (TPSA) is 108 Å². The molecule has 4 aliphatic carbocycles. The quantitative estimate of drug-likeness (QED) is 0.318.